The molecule has 7 heavy (non-hydrogen) atoms. The molecular formula is C6H10S. The molecule has 0 N–H and O–H groups in total. The van der Waals surface area contributed by atoms with Crippen molar-refractivity contribution in [2.45, 2.75) is 13.8 Å². The quantitative estimate of drug-likeness (QED) is 0.393. The van der Waals surface area contributed by atoms with Gasteiger partial charge in [0.2, 0.25) is 0 Å². The second kappa shape index (κ2) is 4.00. The molecule has 0 rings (SSSR count). The lowest BCUT2D eigenvalue weighted by molar-refractivity contribution is 1.39. The Morgan fingerprint density at radius 1 is 1.43 bits per heavy atom. The zero-order valence-corrected chi connectivity index (χ0v) is 5.57. The molecule has 0 radical (unpaired) electrons. The Kier molecular flexibility index (Phi) is 3.90. The monoisotopic (exact) mass is 114 g/mol. The van der Waals surface area contributed by atoms with E-state index in [4.69, 9.17) is 0 Å². The number of allylic oxidation sites excluding steroid dienone is 3. The molecule has 0 aromatic heterocycles. The summed E-state index contributed by atoms with van der Waals surface area (Å²) in [6, 6.07) is 0. The Morgan fingerprint density at radius 2 is 2.00 bits per heavy atom. The zero-order chi connectivity index (χ0) is 5.70. The van der Waals surface area contributed by atoms with E-state index in [1.165, 1.54) is 5.57 Å². The van der Waals surface area contributed by atoms with Gasteiger partial charge in [-0.15, -0.1) is 0 Å². The Bertz CT molecular complexity index is 86.4. The van der Waals surface area contributed by atoms with Gasteiger partial charge in [-0.1, -0.05) is 17.7 Å². The van der Waals surface area contributed by atoms with E-state index in [1.54, 1.807) is 5.41 Å². The van der Waals surface area contributed by atoms with Crippen LogP contribution in [0.2, 0.25) is 0 Å². The highest BCUT2D eigenvalue weighted by atomic mass is 32.1. The largest absolute Gasteiger partial charge is 0.151 e. The average molecular weight is 114 g/mol. The summed E-state index contributed by atoms with van der Waals surface area (Å²) >= 11 is 3.87. The van der Waals surface area contributed by atoms with E-state index >= 15 is 0 Å². The maximum atomic E-state index is 3.87. The van der Waals surface area contributed by atoms with Crippen LogP contribution < -0.4 is 0 Å². The molecule has 0 fully saturated rings. The van der Waals surface area contributed by atoms with Gasteiger partial charge in [0.25, 0.3) is 0 Å². The molecule has 0 aliphatic heterocycles. The summed E-state index contributed by atoms with van der Waals surface area (Å²) in [5, 5.41) is 1.72. The Hall–Kier alpha value is -0.170. The topological polar surface area (TPSA) is 0 Å². The van der Waals surface area contributed by atoms with Gasteiger partial charge < -0.3 is 0 Å². The maximum Gasteiger partial charge on any atom is -0.0324 e. The first kappa shape index (κ1) is 6.83. The van der Waals surface area contributed by atoms with E-state index in [1.807, 2.05) is 26.0 Å². The van der Waals surface area contributed by atoms with Crippen LogP contribution in [-0.2, 0) is 0 Å². The van der Waals surface area contributed by atoms with Crippen LogP contribution in [0.25, 0.3) is 0 Å². The molecule has 0 heterocycles. The third-order valence-electron chi connectivity index (χ3n) is 0.516. The molecule has 0 aromatic rings. The molecule has 0 atom stereocenters. The Balaban J connectivity index is 3.46. The van der Waals surface area contributed by atoms with Gasteiger partial charge in [0.15, 0.2) is 0 Å². The highest BCUT2D eigenvalue weighted by Gasteiger charge is 1.65. The molecule has 0 spiro atoms. The van der Waals surface area contributed by atoms with Crippen molar-refractivity contribution in [2.75, 3.05) is 0 Å². The highest BCUT2D eigenvalue weighted by molar-refractivity contribution is 7.83. The van der Waals surface area contributed by atoms with Crippen molar-refractivity contribution >= 4 is 12.6 Å². The molecule has 0 amide bonds. The van der Waals surface area contributed by atoms with Crippen LogP contribution in [0, 0.1) is 0 Å². The lowest BCUT2D eigenvalue weighted by atomic mass is 10.3. The second-order valence-electron chi connectivity index (χ2n) is 1.59. The first-order valence-electron chi connectivity index (χ1n) is 2.21. The van der Waals surface area contributed by atoms with Crippen molar-refractivity contribution < 1.29 is 0 Å². The first-order chi connectivity index (χ1) is 3.27. The van der Waals surface area contributed by atoms with Crippen molar-refractivity contribution in [2.24, 2.45) is 0 Å². The SMILES string of the molecule is CC(C)=C/C=C\S. The van der Waals surface area contributed by atoms with Gasteiger partial charge in [-0.2, -0.15) is 12.6 Å². The van der Waals surface area contributed by atoms with Crippen molar-refractivity contribution in [1.29, 1.82) is 0 Å². The van der Waals surface area contributed by atoms with E-state index in [0.717, 1.165) is 0 Å². The third-order valence-corrected chi connectivity index (χ3v) is 0.688. The number of hydrogen-bond acceptors (Lipinski definition) is 1. The van der Waals surface area contributed by atoms with E-state index < -0.39 is 0 Å². The smallest absolute Gasteiger partial charge is 0.0324 e. The summed E-state index contributed by atoms with van der Waals surface area (Å²) in [6.45, 7) is 4.10. The predicted octanol–water partition coefficient (Wildman–Crippen LogP) is 2.40. The molecule has 0 saturated carbocycles. The standard InChI is InChI=1S/C6H10S/c1-6(2)4-3-5-7/h3-5,7H,1-2H3/b5-3-. The maximum absolute atomic E-state index is 3.87. The van der Waals surface area contributed by atoms with Crippen molar-refractivity contribution in [1.82, 2.24) is 0 Å². The van der Waals surface area contributed by atoms with E-state index in [0.29, 0.717) is 0 Å². The van der Waals surface area contributed by atoms with Gasteiger partial charge in [-0.25, -0.2) is 0 Å². The summed E-state index contributed by atoms with van der Waals surface area (Å²) < 4.78 is 0. The minimum atomic E-state index is 1.30. The fourth-order valence-corrected chi connectivity index (χ4v) is 0.322. The van der Waals surface area contributed by atoms with Crippen molar-refractivity contribution in [3.8, 4) is 0 Å². The molecule has 0 unspecified atom stereocenters. The minimum Gasteiger partial charge on any atom is -0.151 e. The fraction of sp³-hybridized carbons (Fsp3) is 0.333. The summed E-state index contributed by atoms with van der Waals surface area (Å²) in [5.74, 6) is 0. The molecule has 40 valence electrons. The van der Waals surface area contributed by atoms with Crippen LogP contribution in [0.4, 0.5) is 0 Å². The molecule has 0 aliphatic carbocycles. The fourth-order valence-electron chi connectivity index (χ4n) is 0.235. The van der Waals surface area contributed by atoms with Gasteiger partial charge in [-0.3, -0.25) is 0 Å². The van der Waals surface area contributed by atoms with Crippen molar-refractivity contribution in [3.63, 3.8) is 0 Å². The number of thiol groups is 1. The zero-order valence-electron chi connectivity index (χ0n) is 4.68. The number of hydrogen-bond donors (Lipinski definition) is 1. The van der Waals surface area contributed by atoms with E-state index in [2.05, 4.69) is 12.6 Å². The third kappa shape index (κ3) is 5.83. The van der Waals surface area contributed by atoms with E-state index in [9.17, 15) is 0 Å². The molecule has 0 aromatic carbocycles. The van der Waals surface area contributed by atoms with Crippen LogP contribution in [-0.4, -0.2) is 0 Å². The summed E-state index contributed by atoms with van der Waals surface area (Å²) in [4.78, 5) is 0. The minimum absolute atomic E-state index is 1.30. The van der Waals surface area contributed by atoms with Crippen LogP contribution >= 0.6 is 12.6 Å². The number of rotatable bonds is 1. The first-order valence-corrected chi connectivity index (χ1v) is 2.73. The lowest BCUT2D eigenvalue weighted by Gasteiger charge is -1.77. The van der Waals surface area contributed by atoms with Crippen molar-refractivity contribution in [3.05, 3.63) is 23.1 Å². The van der Waals surface area contributed by atoms with Gasteiger partial charge in [-0.05, 0) is 19.3 Å². The van der Waals surface area contributed by atoms with Crippen LogP contribution in [0.5, 0.6) is 0 Å². The normalized spacial score (nSPS) is 9.57. The molecule has 0 nitrogen and oxygen atoms in total. The summed E-state index contributed by atoms with van der Waals surface area (Å²) in [5.41, 5.74) is 1.30. The van der Waals surface area contributed by atoms with Crippen LogP contribution in [0.3, 0.4) is 0 Å². The summed E-state index contributed by atoms with van der Waals surface area (Å²) in [6.07, 6.45) is 3.91. The highest BCUT2D eigenvalue weighted by Crippen LogP contribution is 1.88. The average Bonchev–Trinajstić information content (AvgIpc) is 1.61. The van der Waals surface area contributed by atoms with E-state index in [-0.39, 0.29) is 0 Å². The Labute approximate surface area is 50.3 Å². The van der Waals surface area contributed by atoms with Gasteiger partial charge in [0, 0.05) is 0 Å². The molecule has 0 aliphatic rings. The molecule has 1 heteroatoms. The predicted molar refractivity (Wildman–Crippen MR) is 37.6 cm³/mol. The second-order valence-corrected chi connectivity index (χ2v) is 1.88. The lowest BCUT2D eigenvalue weighted by Crippen LogP contribution is -1.55. The van der Waals surface area contributed by atoms with Crippen LogP contribution in [0.1, 0.15) is 13.8 Å². The Morgan fingerprint density at radius 3 is 2.14 bits per heavy atom. The molecular weight excluding hydrogens is 104 g/mol. The van der Waals surface area contributed by atoms with Gasteiger partial charge in [0.05, 0.1) is 0 Å². The van der Waals surface area contributed by atoms with Gasteiger partial charge in [0.1, 0.15) is 0 Å². The molecule has 0 bridgehead atoms. The molecule has 0 saturated heterocycles. The summed E-state index contributed by atoms with van der Waals surface area (Å²) in [7, 11) is 0. The van der Waals surface area contributed by atoms with Crippen LogP contribution in [0.15, 0.2) is 23.1 Å². The van der Waals surface area contributed by atoms with Gasteiger partial charge >= 0.3 is 0 Å².